The number of aliphatic carboxylic acids is 1. The zero-order chi connectivity index (χ0) is 18.9. The maximum atomic E-state index is 12.9. The van der Waals surface area contributed by atoms with E-state index in [2.05, 4.69) is 15.5 Å². The van der Waals surface area contributed by atoms with Crippen LogP contribution in [0.1, 0.15) is 36.3 Å². The molecule has 0 spiro atoms. The van der Waals surface area contributed by atoms with Crippen LogP contribution in [0.5, 0.6) is 0 Å². The third kappa shape index (κ3) is 3.22. The van der Waals surface area contributed by atoms with Crippen LogP contribution in [0, 0.1) is 12.8 Å². The summed E-state index contributed by atoms with van der Waals surface area (Å²) in [5.74, 6) is -1.53. The molecule has 1 amide bonds. The zero-order valence-electron chi connectivity index (χ0n) is 15.2. The molecular weight excluding hydrogens is 332 g/mol. The summed E-state index contributed by atoms with van der Waals surface area (Å²) >= 11 is 0. The molecule has 1 aromatic heterocycles. The summed E-state index contributed by atoms with van der Waals surface area (Å²) in [4.78, 5) is 26.6. The highest BCUT2D eigenvalue weighted by atomic mass is 16.4. The standard InChI is InChI=1S/C19H24N4O3/c1-12-9-14(22-21-12)11-20-17(24)15-10-19(2,18(25)26)23(3)16(15)13-7-5-4-6-8-13/h4-9,15-16H,10-11H2,1-3H3,(H,20,24)(H,21,22)(H,25,26)/t15-,16-,19-/m1/s1. The van der Waals surface area contributed by atoms with Crippen LogP contribution in [0.15, 0.2) is 36.4 Å². The number of carboxylic acids is 1. The predicted molar refractivity (Wildman–Crippen MR) is 96.3 cm³/mol. The number of likely N-dealkylation sites (N-methyl/N-ethyl adjacent to an activating group) is 1. The molecule has 0 unspecified atom stereocenters. The molecule has 1 aromatic carbocycles. The fourth-order valence-electron chi connectivity index (χ4n) is 3.71. The van der Waals surface area contributed by atoms with E-state index < -0.39 is 17.4 Å². The van der Waals surface area contributed by atoms with Gasteiger partial charge in [-0.2, -0.15) is 5.10 Å². The van der Waals surface area contributed by atoms with Crippen molar-refractivity contribution in [3.05, 3.63) is 53.3 Å². The number of H-pyrrole nitrogens is 1. The van der Waals surface area contributed by atoms with Crippen molar-refractivity contribution in [3.63, 3.8) is 0 Å². The van der Waals surface area contributed by atoms with Crippen molar-refractivity contribution in [1.82, 2.24) is 20.4 Å². The number of hydrogen-bond donors (Lipinski definition) is 3. The van der Waals surface area contributed by atoms with E-state index in [9.17, 15) is 14.7 Å². The summed E-state index contributed by atoms with van der Waals surface area (Å²) in [6.07, 6.45) is 0.254. The number of carbonyl (C=O) groups is 2. The molecule has 0 radical (unpaired) electrons. The van der Waals surface area contributed by atoms with Gasteiger partial charge in [-0.25, -0.2) is 0 Å². The molecule has 3 rings (SSSR count). The van der Waals surface area contributed by atoms with Crippen LogP contribution in [0.2, 0.25) is 0 Å². The van der Waals surface area contributed by atoms with Gasteiger partial charge in [0.15, 0.2) is 0 Å². The van der Waals surface area contributed by atoms with Crippen LogP contribution in [0.3, 0.4) is 0 Å². The second kappa shape index (κ2) is 6.92. The molecule has 2 heterocycles. The first kappa shape index (κ1) is 18.1. The highest BCUT2D eigenvalue weighted by molar-refractivity contribution is 5.85. The van der Waals surface area contributed by atoms with Crippen molar-refractivity contribution in [2.75, 3.05) is 7.05 Å². The third-order valence-corrected chi connectivity index (χ3v) is 5.34. The van der Waals surface area contributed by atoms with Gasteiger partial charge in [0.25, 0.3) is 0 Å². The zero-order valence-corrected chi connectivity index (χ0v) is 15.2. The van der Waals surface area contributed by atoms with E-state index in [4.69, 9.17) is 0 Å². The Morgan fingerprint density at radius 3 is 2.65 bits per heavy atom. The van der Waals surface area contributed by atoms with Gasteiger partial charge in [-0.05, 0) is 38.9 Å². The molecule has 1 saturated heterocycles. The first-order chi connectivity index (χ1) is 12.3. The molecular formula is C19H24N4O3. The van der Waals surface area contributed by atoms with Crippen molar-refractivity contribution in [3.8, 4) is 0 Å². The highest BCUT2D eigenvalue weighted by Crippen LogP contribution is 2.45. The Kier molecular flexibility index (Phi) is 4.82. The maximum absolute atomic E-state index is 12.9. The normalized spacial score (nSPS) is 26.0. The first-order valence-electron chi connectivity index (χ1n) is 8.63. The SMILES string of the molecule is Cc1cc(CNC(=O)[C@@H]2C[C@](C)(C(=O)O)N(C)[C@@H]2c2ccccc2)n[nH]1. The number of aromatic amines is 1. The van der Waals surface area contributed by atoms with Crippen molar-refractivity contribution in [1.29, 1.82) is 0 Å². The van der Waals surface area contributed by atoms with Gasteiger partial charge in [0, 0.05) is 11.7 Å². The molecule has 0 bridgehead atoms. The van der Waals surface area contributed by atoms with Gasteiger partial charge >= 0.3 is 5.97 Å². The van der Waals surface area contributed by atoms with E-state index in [0.717, 1.165) is 17.0 Å². The van der Waals surface area contributed by atoms with Crippen LogP contribution < -0.4 is 5.32 Å². The summed E-state index contributed by atoms with van der Waals surface area (Å²) < 4.78 is 0. The summed E-state index contributed by atoms with van der Waals surface area (Å²) in [6.45, 7) is 3.89. The quantitative estimate of drug-likeness (QED) is 0.760. The Bertz CT molecular complexity index is 804. The number of rotatable bonds is 5. The number of aryl methyl sites for hydroxylation is 1. The molecule has 1 fully saturated rings. The summed E-state index contributed by atoms with van der Waals surface area (Å²) in [6, 6.07) is 11.2. The van der Waals surface area contributed by atoms with E-state index in [1.165, 1.54) is 0 Å². The molecule has 1 aliphatic rings. The van der Waals surface area contributed by atoms with Crippen LogP contribution in [-0.2, 0) is 16.1 Å². The lowest BCUT2D eigenvalue weighted by atomic mass is 9.89. The fraction of sp³-hybridized carbons (Fsp3) is 0.421. The van der Waals surface area contributed by atoms with Gasteiger partial charge in [0.1, 0.15) is 5.54 Å². The monoisotopic (exact) mass is 356 g/mol. The molecule has 2 aromatic rings. The number of hydrogen-bond acceptors (Lipinski definition) is 4. The van der Waals surface area contributed by atoms with Crippen LogP contribution in [-0.4, -0.2) is 44.7 Å². The second-order valence-electron chi connectivity index (χ2n) is 7.12. The van der Waals surface area contributed by atoms with Gasteiger partial charge < -0.3 is 10.4 Å². The Labute approximate surface area is 152 Å². The number of carbonyl (C=O) groups excluding carboxylic acids is 1. The molecule has 1 aliphatic heterocycles. The molecule has 7 heteroatoms. The first-order valence-corrected chi connectivity index (χ1v) is 8.63. The molecule has 3 N–H and O–H groups in total. The minimum atomic E-state index is -1.09. The van der Waals surface area contributed by atoms with Gasteiger partial charge in [-0.1, -0.05) is 30.3 Å². The molecule has 26 heavy (non-hydrogen) atoms. The number of aromatic nitrogens is 2. The van der Waals surface area contributed by atoms with Crippen molar-refractivity contribution in [2.45, 2.75) is 38.4 Å². The number of carboxylic acid groups (broad SMARTS) is 1. The average molecular weight is 356 g/mol. The lowest BCUT2D eigenvalue weighted by Gasteiger charge is -2.32. The largest absolute Gasteiger partial charge is 0.480 e. The number of nitrogens with one attached hydrogen (secondary N) is 2. The van der Waals surface area contributed by atoms with E-state index in [-0.39, 0.29) is 18.4 Å². The molecule has 0 aliphatic carbocycles. The summed E-state index contributed by atoms with van der Waals surface area (Å²) in [5.41, 5.74) is 1.52. The molecule has 7 nitrogen and oxygen atoms in total. The van der Waals surface area contributed by atoms with Gasteiger partial charge in [0.2, 0.25) is 5.91 Å². The predicted octanol–water partition coefficient (Wildman–Crippen LogP) is 1.87. The lowest BCUT2D eigenvalue weighted by Crippen LogP contribution is -2.46. The van der Waals surface area contributed by atoms with Crippen molar-refractivity contribution >= 4 is 11.9 Å². The van der Waals surface area contributed by atoms with E-state index in [1.807, 2.05) is 43.3 Å². The number of nitrogens with zero attached hydrogens (tertiary/aromatic N) is 2. The minimum Gasteiger partial charge on any atom is -0.480 e. The van der Waals surface area contributed by atoms with Crippen LogP contribution in [0.25, 0.3) is 0 Å². The van der Waals surface area contributed by atoms with Crippen LogP contribution >= 0.6 is 0 Å². The van der Waals surface area contributed by atoms with Gasteiger partial charge in [-0.3, -0.25) is 19.6 Å². The smallest absolute Gasteiger partial charge is 0.323 e. The second-order valence-corrected chi connectivity index (χ2v) is 7.12. The average Bonchev–Trinajstić information content (AvgIpc) is 3.16. The minimum absolute atomic E-state index is 0.156. The number of amides is 1. The van der Waals surface area contributed by atoms with E-state index in [1.54, 1.807) is 18.9 Å². The fourth-order valence-corrected chi connectivity index (χ4v) is 3.71. The summed E-state index contributed by atoms with van der Waals surface area (Å²) in [7, 11) is 1.77. The van der Waals surface area contributed by atoms with Crippen LogP contribution in [0.4, 0.5) is 0 Å². The Morgan fingerprint density at radius 2 is 2.08 bits per heavy atom. The van der Waals surface area contributed by atoms with Crippen molar-refractivity contribution < 1.29 is 14.7 Å². The summed E-state index contributed by atoms with van der Waals surface area (Å²) in [5, 5.41) is 19.6. The molecule has 138 valence electrons. The topological polar surface area (TPSA) is 98.3 Å². The number of likely N-dealkylation sites (tertiary alicyclic amines) is 1. The Morgan fingerprint density at radius 1 is 1.38 bits per heavy atom. The van der Waals surface area contributed by atoms with E-state index in [0.29, 0.717) is 6.54 Å². The maximum Gasteiger partial charge on any atom is 0.323 e. The Hall–Kier alpha value is -2.67. The number of benzene rings is 1. The molecule has 0 saturated carbocycles. The van der Waals surface area contributed by atoms with Crippen molar-refractivity contribution in [2.24, 2.45) is 5.92 Å². The van der Waals surface area contributed by atoms with Gasteiger partial charge in [0.05, 0.1) is 18.2 Å². The van der Waals surface area contributed by atoms with Gasteiger partial charge in [-0.15, -0.1) is 0 Å². The highest BCUT2D eigenvalue weighted by Gasteiger charge is 2.54. The molecule has 3 atom stereocenters. The third-order valence-electron chi connectivity index (χ3n) is 5.34. The Balaban J connectivity index is 1.84. The van der Waals surface area contributed by atoms with E-state index >= 15 is 0 Å². The lowest BCUT2D eigenvalue weighted by molar-refractivity contribution is -0.148.